The minimum Gasteiger partial charge on any atom is -0.507 e. The van der Waals surface area contributed by atoms with Crippen molar-refractivity contribution >= 4 is 23.1 Å². The maximum Gasteiger partial charge on any atom is 0.300 e. The first-order valence-electron chi connectivity index (χ1n) is 11.3. The molecule has 0 bridgehead atoms. The van der Waals surface area contributed by atoms with E-state index in [1.165, 1.54) is 4.90 Å². The highest BCUT2D eigenvalue weighted by Gasteiger charge is 2.47. The average Bonchev–Trinajstić information content (AvgIpc) is 3.14. The highest BCUT2D eigenvalue weighted by Crippen LogP contribution is 2.43. The number of aryl methyl sites for hydroxylation is 1. The summed E-state index contributed by atoms with van der Waals surface area (Å²) in [6.07, 6.45) is 3.19. The van der Waals surface area contributed by atoms with Gasteiger partial charge in [0.1, 0.15) is 17.3 Å². The van der Waals surface area contributed by atoms with E-state index < -0.39 is 17.7 Å². The lowest BCUT2D eigenvalue weighted by atomic mass is 9.91. The van der Waals surface area contributed by atoms with Gasteiger partial charge >= 0.3 is 0 Å². The molecule has 0 radical (unpaired) electrons. The van der Waals surface area contributed by atoms with Crippen LogP contribution in [-0.2, 0) is 9.59 Å². The van der Waals surface area contributed by atoms with E-state index in [4.69, 9.17) is 9.47 Å². The minimum absolute atomic E-state index is 0.0278. The number of ether oxygens (including phenoxy) is 2. The number of ketones is 1. The van der Waals surface area contributed by atoms with Crippen molar-refractivity contribution in [2.24, 2.45) is 0 Å². The Labute approximate surface area is 204 Å². The monoisotopic (exact) mass is 472 g/mol. The van der Waals surface area contributed by atoms with E-state index in [0.29, 0.717) is 28.3 Å². The van der Waals surface area contributed by atoms with Gasteiger partial charge in [-0.2, -0.15) is 0 Å². The maximum absolute atomic E-state index is 13.4. The van der Waals surface area contributed by atoms with Gasteiger partial charge in [-0.05, 0) is 78.1 Å². The predicted molar refractivity (Wildman–Crippen MR) is 134 cm³/mol. The first-order chi connectivity index (χ1) is 16.8. The third-order valence-corrected chi connectivity index (χ3v) is 6.27. The molecule has 1 saturated heterocycles. The molecule has 1 unspecified atom stereocenters. The third kappa shape index (κ3) is 4.25. The molecule has 1 aromatic heterocycles. The number of benzene rings is 2. The molecule has 1 aliphatic heterocycles. The molecule has 3 aromatic rings. The Morgan fingerprint density at radius 1 is 1.00 bits per heavy atom. The maximum atomic E-state index is 13.4. The Kier molecular flexibility index (Phi) is 6.60. The summed E-state index contributed by atoms with van der Waals surface area (Å²) in [5.74, 6) is -0.229. The Morgan fingerprint density at radius 3 is 2.23 bits per heavy atom. The van der Waals surface area contributed by atoms with Crippen LogP contribution in [0.3, 0.4) is 0 Å². The van der Waals surface area contributed by atoms with Gasteiger partial charge in [-0.25, -0.2) is 0 Å². The van der Waals surface area contributed by atoms with Gasteiger partial charge in [0.2, 0.25) is 0 Å². The van der Waals surface area contributed by atoms with Crippen LogP contribution in [0.2, 0.25) is 0 Å². The number of carbonyl (C=O) groups is 2. The second kappa shape index (κ2) is 9.62. The lowest BCUT2D eigenvalue weighted by Gasteiger charge is -2.25. The molecule has 0 spiro atoms. The molecule has 0 saturated carbocycles. The number of anilines is 1. The number of amides is 1. The van der Waals surface area contributed by atoms with Gasteiger partial charge in [0.05, 0.1) is 25.8 Å². The van der Waals surface area contributed by atoms with E-state index in [9.17, 15) is 14.7 Å². The van der Waals surface area contributed by atoms with Gasteiger partial charge in [-0.15, -0.1) is 0 Å². The normalized spacial score (nSPS) is 17.2. The molecule has 35 heavy (non-hydrogen) atoms. The van der Waals surface area contributed by atoms with Crippen LogP contribution < -0.4 is 14.4 Å². The second-order valence-electron chi connectivity index (χ2n) is 8.71. The van der Waals surface area contributed by atoms with Crippen LogP contribution in [0.1, 0.15) is 48.1 Å². The van der Waals surface area contributed by atoms with Crippen LogP contribution in [0.5, 0.6) is 11.5 Å². The fourth-order valence-electron chi connectivity index (χ4n) is 4.43. The fourth-order valence-corrected chi connectivity index (χ4v) is 4.43. The Bertz CT molecular complexity index is 1300. The lowest BCUT2D eigenvalue weighted by Crippen LogP contribution is -2.29. The van der Waals surface area contributed by atoms with Crippen molar-refractivity contribution in [3.63, 3.8) is 0 Å². The van der Waals surface area contributed by atoms with Gasteiger partial charge in [0.15, 0.2) is 0 Å². The number of hydrogen-bond acceptors (Lipinski definition) is 6. The number of Topliss-reactive ketones (excluding diaryl/α,β-unsaturated/α-hetero) is 1. The number of carbonyl (C=O) groups excluding carboxylic acids is 2. The summed E-state index contributed by atoms with van der Waals surface area (Å²) in [6, 6.07) is 13.2. The van der Waals surface area contributed by atoms with Gasteiger partial charge in [-0.3, -0.25) is 19.5 Å². The molecule has 4 rings (SSSR count). The molecule has 0 aliphatic carbocycles. The molecule has 7 heteroatoms. The largest absolute Gasteiger partial charge is 0.507 e. The molecule has 1 amide bonds. The SMILES string of the molecule is COc1ccc(N2C(=O)C(=O)/C(=C(/O)c3cc(C(C)C)c(OC)cc3C)C2c2ccncc2)cc1. The van der Waals surface area contributed by atoms with Crippen molar-refractivity contribution < 1.29 is 24.2 Å². The quantitative estimate of drug-likeness (QED) is 0.303. The molecule has 1 atom stereocenters. The summed E-state index contributed by atoms with van der Waals surface area (Å²) in [4.78, 5) is 32.2. The molecular weight excluding hydrogens is 444 g/mol. The summed E-state index contributed by atoms with van der Waals surface area (Å²) in [7, 11) is 3.16. The van der Waals surface area contributed by atoms with Gasteiger partial charge < -0.3 is 14.6 Å². The van der Waals surface area contributed by atoms with E-state index in [0.717, 1.165) is 11.1 Å². The summed E-state index contributed by atoms with van der Waals surface area (Å²) in [6.45, 7) is 5.88. The zero-order valence-corrected chi connectivity index (χ0v) is 20.4. The van der Waals surface area contributed by atoms with E-state index in [2.05, 4.69) is 4.98 Å². The molecule has 180 valence electrons. The smallest absolute Gasteiger partial charge is 0.300 e. The molecule has 1 fully saturated rings. The van der Waals surface area contributed by atoms with Crippen molar-refractivity contribution in [1.29, 1.82) is 0 Å². The first-order valence-corrected chi connectivity index (χ1v) is 11.3. The van der Waals surface area contributed by atoms with E-state index in [1.807, 2.05) is 32.9 Å². The lowest BCUT2D eigenvalue weighted by molar-refractivity contribution is -0.132. The van der Waals surface area contributed by atoms with Gasteiger partial charge in [0, 0.05) is 23.6 Å². The van der Waals surface area contributed by atoms with Crippen molar-refractivity contribution in [3.05, 3.63) is 88.8 Å². The van der Waals surface area contributed by atoms with E-state index in [-0.39, 0.29) is 17.3 Å². The molecule has 1 N–H and O–H groups in total. The molecule has 2 heterocycles. The molecular formula is C28H28N2O5. The summed E-state index contributed by atoms with van der Waals surface area (Å²) in [5, 5.41) is 11.5. The molecule has 1 aliphatic rings. The van der Waals surface area contributed by atoms with Crippen LogP contribution in [-0.4, -0.2) is 36.0 Å². The number of nitrogens with zero attached hydrogens (tertiary/aromatic N) is 2. The van der Waals surface area contributed by atoms with Crippen molar-refractivity contribution in [2.75, 3.05) is 19.1 Å². The zero-order valence-electron chi connectivity index (χ0n) is 20.4. The number of methoxy groups -OCH3 is 2. The Morgan fingerprint density at radius 2 is 1.66 bits per heavy atom. The summed E-state index contributed by atoms with van der Waals surface area (Å²) >= 11 is 0. The standard InChI is InChI=1S/C28H28N2O5/c1-16(2)21-15-22(17(3)14-23(21)35-5)26(31)24-25(18-10-12-29-13-11-18)30(28(33)27(24)32)19-6-8-20(34-4)9-7-19/h6-16,25,31H,1-5H3/b26-24+. The Balaban J connectivity index is 1.95. The number of rotatable bonds is 6. The average molecular weight is 473 g/mol. The van der Waals surface area contributed by atoms with Crippen LogP contribution in [0.25, 0.3) is 5.76 Å². The molecule has 7 nitrogen and oxygen atoms in total. The third-order valence-electron chi connectivity index (χ3n) is 6.27. The number of aliphatic hydroxyl groups is 1. The van der Waals surface area contributed by atoms with Gasteiger partial charge in [-0.1, -0.05) is 13.8 Å². The highest BCUT2D eigenvalue weighted by molar-refractivity contribution is 6.51. The van der Waals surface area contributed by atoms with Crippen molar-refractivity contribution in [1.82, 2.24) is 4.98 Å². The number of hydrogen-bond donors (Lipinski definition) is 1. The number of pyridine rings is 1. The van der Waals surface area contributed by atoms with Crippen LogP contribution >= 0.6 is 0 Å². The summed E-state index contributed by atoms with van der Waals surface area (Å²) < 4.78 is 10.8. The first kappa shape index (κ1) is 24.0. The van der Waals surface area contributed by atoms with Crippen molar-refractivity contribution in [3.8, 4) is 11.5 Å². The van der Waals surface area contributed by atoms with Gasteiger partial charge in [0.25, 0.3) is 11.7 Å². The van der Waals surface area contributed by atoms with Crippen molar-refractivity contribution in [2.45, 2.75) is 32.7 Å². The van der Waals surface area contributed by atoms with E-state index >= 15 is 0 Å². The Hall–Kier alpha value is -4.13. The molecule has 2 aromatic carbocycles. The highest BCUT2D eigenvalue weighted by atomic mass is 16.5. The summed E-state index contributed by atoms with van der Waals surface area (Å²) in [5.41, 5.74) is 3.31. The fraction of sp³-hybridized carbons (Fsp3) is 0.250. The minimum atomic E-state index is -0.824. The predicted octanol–water partition coefficient (Wildman–Crippen LogP) is 5.16. The zero-order chi connectivity index (χ0) is 25.3. The second-order valence-corrected chi connectivity index (χ2v) is 8.71. The topological polar surface area (TPSA) is 89.0 Å². The number of aromatic nitrogens is 1. The van der Waals surface area contributed by atoms with Crippen LogP contribution in [0, 0.1) is 6.92 Å². The van der Waals surface area contributed by atoms with E-state index in [1.54, 1.807) is 63.0 Å². The van der Waals surface area contributed by atoms with Crippen LogP contribution in [0.15, 0.2) is 66.5 Å². The number of aliphatic hydroxyl groups excluding tert-OH is 1. The van der Waals surface area contributed by atoms with Crippen LogP contribution in [0.4, 0.5) is 5.69 Å².